The minimum atomic E-state index is -0.179. The van der Waals surface area contributed by atoms with Crippen LogP contribution >= 0.6 is 0 Å². The molecule has 0 aromatic carbocycles. The maximum absolute atomic E-state index is 5.26. The second-order valence-electron chi connectivity index (χ2n) is 4.41. The standard InChI is InChI=1S/C10H19NO2/c1-10(2,3)13-11-8-9-4-6-12-7-5-9/h8-9H,4-7H2,1-3H3/b11-8+. The van der Waals surface area contributed by atoms with Crippen LogP contribution in [0.4, 0.5) is 0 Å². The fraction of sp³-hybridized carbons (Fsp3) is 0.900. The summed E-state index contributed by atoms with van der Waals surface area (Å²) >= 11 is 0. The monoisotopic (exact) mass is 185 g/mol. The summed E-state index contributed by atoms with van der Waals surface area (Å²) < 4.78 is 5.24. The molecule has 0 N–H and O–H groups in total. The molecular formula is C10H19NO2. The van der Waals surface area contributed by atoms with E-state index < -0.39 is 0 Å². The Morgan fingerprint density at radius 1 is 1.31 bits per heavy atom. The Balaban J connectivity index is 2.22. The highest BCUT2D eigenvalue weighted by Crippen LogP contribution is 2.13. The van der Waals surface area contributed by atoms with Crippen LogP contribution in [-0.2, 0) is 9.57 Å². The highest BCUT2D eigenvalue weighted by atomic mass is 16.6. The molecule has 1 fully saturated rings. The lowest BCUT2D eigenvalue weighted by atomic mass is 10.0. The quantitative estimate of drug-likeness (QED) is 0.488. The Bertz CT molecular complexity index is 166. The summed E-state index contributed by atoms with van der Waals surface area (Å²) in [6, 6.07) is 0. The number of hydrogen-bond acceptors (Lipinski definition) is 3. The fourth-order valence-corrected chi connectivity index (χ4v) is 1.14. The van der Waals surface area contributed by atoms with Gasteiger partial charge in [-0.25, -0.2) is 0 Å². The molecule has 1 aliphatic heterocycles. The Hall–Kier alpha value is -0.570. The van der Waals surface area contributed by atoms with Crippen LogP contribution in [0.1, 0.15) is 33.6 Å². The molecule has 0 unspecified atom stereocenters. The predicted octanol–water partition coefficient (Wildman–Crippen LogP) is 2.21. The first-order chi connectivity index (χ1) is 6.08. The van der Waals surface area contributed by atoms with E-state index in [-0.39, 0.29) is 5.60 Å². The van der Waals surface area contributed by atoms with Crippen LogP contribution in [0.15, 0.2) is 5.16 Å². The third-order valence-electron chi connectivity index (χ3n) is 1.86. The summed E-state index contributed by atoms with van der Waals surface area (Å²) in [4.78, 5) is 5.26. The summed E-state index contributed by atoms with van der Waals surface area (Å²) in [6.45, 7) is 7.69. The molecule has 0 radical (unpaired) electrons. The Labute approximate surface area is 80.1 Å². The average Bonchev–Trinajstić information content (AvgIpc) is 2.04. The first-order valence-corrected chi connectivity index (χ1v) is 4.87. The van der Waals surface area contributed by atoms with E-state index in [4.69, 9.17) is 9.57 Å². The lowest BCUT2D eigenvalue weighted by Crippen LogP contribution is -2.19. The second kappa shape index (κ2) is 4.61. The van der Waals surface area contributed by atoms with Gasteiger partial charge in [0, 0.05) is 25.3 Å². The van der Waals surface area contributed by atoms with E-state index in [1.54, 1.807) is 0 Å². The van der Waals surface area contributed by atoms with Crippen LogP contribution in [-0.4, -0.2) is 25.0 Å². The first-order valence-electron chi connectivity index (χ1n) is 4.87. The zero-order valence-corrected chi connectivity index (χ0v) is 8.75. The number of rotatable bonds is 2. The van der Waals surface area contributed by atoms with Crippen LogP contribution in [0.3, 0.4) is 0 Å². The molecule has 0 aromatic heterocycles. The summed E-state index contributed by atoms with van der Waals surface area (Å²) in [5.41, 5.74) is -0.179. The van der Waals surface area contributed by atoms with Crippen molar-refractivity contribution in [1.82, 2.24) is 0 Å². The van der Waals surface area contributed by atoms with E-state index >= 15 is 0 Å². The van der Waals surface area contributed by atoms with Crippen LogP contribution < -0.4 is 0 Å². The maximum atomic E-state index is 5.26. The van der Waals surface area contributed by atoms with E-state index in [1.807, 2.05) is 27.0 Å². The van der Waals surface area contributed by atoms with Gasteiger partial charge in [0.05, 0.1) is 0 Å². The molecule has 0 spiro atoms. The van der Waals surface area contributed by atoms with Gasteiger partial charge in [0.25, 0.3) is 0 Å². The topological polar surface area (TPSA) is 30.8 Å². The van der Waals surface area contributed by atoms with Crippen LogP contribution in [0.2, 0.25) is 0 Å². The number of ether oxygens (including phenoxy) is 1. The zero-order valence-electron chi connectivity index (χ0n) is 8.75. The summed E-state index contributed by atoms with van der Waals surface area (Å²) in [5, 5.41) is 3.99. The van der Waals surface area contributed by atoms with Gasteiger partial charge in [-0.3, -0.25) is 0 Å². The summed E-state index contributed by atoms with van der Waals surface area (Å²) in [6.07, 6.45) is 4.04. The molecular weight excluding hydrogens is 166 g/mol. The molecule has 1 saturated heterocycles. The molecule has 3 nitrogen and oxygen atoms in total. The van der Waals surface area contributed by atoms with Crippen molar-refractivity contribution in [2.75, 3.05) is 13.2 Å². The molecule has 1 heterocycles. The van der Waals surface area contributed by atoms with Crippen molar-refractivity contribution >= 4 is 6.21 Å². The molecule has 3 heteroatoms. The molecule has 0 amide bonds. The Morgan fingerprint density at radius 3 is 2.46 bits per heavy atom. The third kappa shape index (κ3) is 4.88. The minimum absolute atomic E-state index is 0.179. The molecule has 0 atom stereocenters. The lowest BCUT2D eigenvalue weighted by Gasteiger charge is -2.19. The second-order valence-corrected chi connectivity index (χ2v) is 4.41. The average molecular weight is 185 g/mol. The predicted molar refractivity (Wildman–Crippen MR) is 52.9 cm³/mol. The lowest BCUT2D eigenvalue weighted by molar-refractivity contribution is 0.000225. The van der Waals surface area contributed by atoms with Gasteiger partial charge >= 0.3 is 0 Å². The molecule has 0 bridgehead atoms. The number of oxime groups is 1. The van der Waals surface area contributed by atoms with Crippen molar-refractivity contribution in [3.05, 3.63) is 0 Å². The normalized spacial score (nSPS) is 20.8. The van der Waals surface area contributed by atoms with E-state index in [0.717, 1.165) is 26.1 Å². The van der Waals surface area contributed by atoms with Crippen LogP contribution in [0.25, 0.3) is 0 Å². The van der Waals surface area contributed by atoms with Gasteiger partial charge in [-0.1, -0.05) is 5.16 Å². The molecule has 1 aliphatic rings. The summed E-state index contributed by atoms with van der Waals surface area (Å²) in [5.74, 6) is 0.538. The number of nitrogens with zero attached hydrogens (tertiary/aromatic N) is 1. The smallest absolute Gasteiger partial charge is 0.129 e. The van der Waals surface area contributed by atoms with Crippen molar-refractivity contribution in [3.63, 3.8) is 0 Å². The van der Waals surface area contributed by atoms with Crippen molar-refractivity contribution < 1.29 is 9.57 Å². The molecule has 13 heavy (non-hydrogen) atoms. The Kier molecular flexibility index (Phi) is 3.72. The molecule has 0 aliphatic carbocycles. The Morgan fingerprint density at radius 2 is 1.92 bits per heavy atom. The summed E-state index contributed by atoms with van der Waals surface area (Å²) in [7, 11) is 0. The van der Waals surface area contributed by atoms with Gasteiger partial charge in [-0.15, -0.1) is 0 Å². The van der Waals surface area contributed by atoms with Crippen molar-refractivity contribution in [2.24, 2.45) is 11.1 Å². The SMILES string of the molecule is CC(C)(C)O/N=C/C1CCOCC1. The zero-order chi connectivity index (χ0) is 9.73. The first kappa shape index (κ1) is 10.5. The van der Waals surface area contributed by atoms with Gasteiger partial charge in [0.1, 0.15) is 5.60 Å². The van der Waals surface area contributed by atoms with Crippen molar-refractivity contribution in [3.8, 4) is 0 Å². The largest absolute Gasteiger partial charge is 0.390 e. The number of hydrogen-bond donors (Lipinski definition) is 0. The van der Waals surface area contributed by atoms with E-state index in [2.05, 4.69) is 5.16 Å². The third-order valence-corrected chi connectivity index (χ3v) is 1.86. The molecule has 76 valence electrons. The van der Waals surface area contributed by atoms with Gasteiger partial charge in [0.2, 0.25) is 0 Å². The van der Waals surface area contributed by atoms with Crippen molar-refractivity contribution in [1.29, 1.82) is 0 Å². The van der Waals surface area contributed by atoms with Gasteiger partial charge in [-0.2, -0.15) is 0 Å². The molecule has 0 aromatic rings. The van der Waals surface area contributed by atoms with E-state index in [9.17, 15) is 0 Å². The fourth-order valence-electron chi connectivity index (χ4n) is 1.14. The molecule has 0 saturated carbocycles. The van der Waals surface area contributed by atoms with Crippen LogP contribution in [0.5, 0.6) is 0 Å². The van der Waals surface area contributed by atoms with Gasteiger partial charge in [-0.05, 0) is 33.6 Å². The minimum Gasteiger partial charge on any atom is -0.390 e. The van der Waals surface area contributed by atoms with Crippen molar-refractivity contribution in [2.45, 2.75) is 39.2 Å². The van der Waals surface area contributed by atoms with Gasteiger partial charge < -0.3 is 9.57 Å². The maximum Gasteiger partial charge on any atom is 0.129 e. The highest BCUT2D eigenvalue weighted by molar-refractivity contribution is 5.59. The van der Waals surface area contributed by atoms with Crippen LogP contribution in [0, 0.1) is 5.92 Å². The van der Waals surface area contributed by atoms with Gasteiger partial charge in [0.15, 0.2) is 0 Å². The highest BCUT2D eigenvalue weighted by Gasteiger charge is 2.13. The van der Waals surface area contributed by atoms with E-state index in [0.29, 0.717) is 5.92 Å². The molecule has 1 rings (SSSR count). The van der Waals surface area contributed by atoms with E-state index in [1.165, 1.54) is 0 Å².